The van der Waals surface area contributed by atoms with Crippen molar-refractivity contribution in [3.05, 3.63) is 22.4 Å². The lowest BCUT2D eigenvalue weighted by Crippen LogP contribution is -2.32. The highest BCUT2D eigenvalue weighted by atomic mass is 79.9. The number of nitrogens with one attached hydrogen (secondary N) is 1. The molecule has 0 aromatic carbocycles. The van der Waals surface area contributed by atoms with Crippen LogP contribution in [0.15, 0.2) is 16.7 Å². The van der Waals surface area contributed by atoms with Gasteiger partial charge in [0.25, 0.3) is 5.91 Å². The van der Waals surface area contributed by atoms with Gasteiger partial charge in [0.1, 0.15) is 5.69 Å². The lowest BCUT2D eigenvalue weighted by Gasteiger charge is -2.27. The Bertz CT molecular complexity index is 473. The highest BCUT2D eigenvalue weighted by Crippen LogP contribution is 2.30. The van der Waals surface area contributed by atoms with Crippen LogP contribution in [0.3, 0.4) is 0 Å². The summed E-state index contributed by atoms with van der Waals surface area (Å²) in [7, 11) is 0. The third kappa shape index (κ3) is 4.35. The largest absolute Gasteiger partial charge is 0.350 e. The van der Waals surface area contributed by atoms with Crippen molar-refractivity contribution in [2.24, 2.45) is 11.8 Å². The first kappa shape index (κ1) is 16.6. The van der Waals surface area contributed by atoms with E-state index in [2.05, 4.69) is 42.0 Å². The number of rotatable bonds is 5. The van der Waals surface area contributed by atoms with Gasteiger partial charge < -0.3 is 9.88 Å². The van der Waals surface area contributed by atoms with Gasteiger partial charge in [0, 0.05) is 23.3 Å². The van der Waals surface area contributed by atoms with E-state index in [1.54, 1.807) is 0 Å². The van der Waals surface area contributed by atoms with E-state index in [-0.39, 0.29) is 11.9 Å². The highest BCUT2D eigenvalue weighted by Gasteiger charge is 2.21. The minimum absolute atomic E-state index is 0.0482. The molecule has 0 spiro atoms. The van der Waals surface area contributed by atoms with Crippen LogP contribution in [-0.2, 0) is 0 Å². The fraction of sp³-hybridized carbons (Fsp3) is 0.706. The second-order valence-corrected chi connectivity index (χ2v) is 7.47. The highest BCUT2D eigenvalue weighted by molar-refractivity contribution is 9.10. The predicted molar refractivity (Wildman–Crippen MR) is 90.6 cm³/mol. The molecule has 1 aromatic heterocycles. The number of hydrogen-bond donors (Lipinski definition) is 1. The fourth-order valence-corrected chi connectivity index (χ4v) is 3.66. The van der Waals surface area contributed by atoms with Crippen LogP contribution in [0.2, 0.25) is 0 Å². The molecule has 1 aliphatic rings. The summed E-state index contributed by atoms with van der Waals surface area (Å²) in [5.41, 5.74) is 0.749. The number of carbonyl (C=O) groups excluding carboxylic acids is 1. The standard InChI is InChI=1S/C17H27BrN2O/c1-4-13-5-7-14(8-6-13)10-19-17(21)16-9-15(18)11-20(16)12(2)3/h9,11-14H,4-8,10H2,1-3H3,(H,19,21). The van der Waals surface area contributed by atoms with Crippen molar-refractivity contribution >= 4 is 21.8 Å². The second kappa shape index (κ2) is 7.48. The molecule has 0 aliphatic heterocycles. The quantitative estimate of drug-likeness (QED) is 0.811. The molecule has 1 saturated carbocycles. The van der Waals surface area contributed by atoms with E-state index in [0.29, 0.717) is 5.92 Å². The maximum absolute atomic E-state index is 12.4. The Labute approximate surface area is 136 Å². The Morgan fingerprint density at radius 3 is 2.52 bits per heavy atom. The molecule has 1 N–H and O–H groups in total. The van der Waals surface area contributed by atoms with E-state index < -0.39 is 0 Å². The minimum Gasteiger partial charge on any atom is -0.350 e. The van der Waals surface area contributed by atoms with E-state index in [9.17, 15) is 4.79 Å². The number of halogens is 1. The van der Waals surface area contributed by atoms with E-state index in [1.807, 2.05) is 16.8 Å². The predicted octanol–water partition coefficient (Wildman–Crippen LogP) is 4.78. The van der Waals surface area contributed by atoms with E-state index in [4.69, 9.17) is 0 Å². The smallest absolute Gasteiger partial charge is 0.267 e. The van der Waals surface area contributed by atoms with Gasteiger partial charge in [-0.05, 0) is 60.5 Å². The van der Waals surface area contributed by atoms with E-state index >= 15 is 0 Å². The summed E-state index contributed by atoms with van der Waals surface area (Å²) in [4.78, 5) is 12.4. The zero-order valence-corrected chi connectivity index (χ0v) is 14.9. The molecule has 0 saturated heterocycles. The van der Waals surface area contributed by atoms with Crippen LogP contribution in [0, 0.1) is 11.8 Å². The van der Waals surface area contributed by atoms with Gasteiger partial charge in [0.2, 0.25) is 0 Å². The number of nitrogens with zero attached hydrogens (tertiary/aromatic N) is 1. The molecule has 1 aromatic rings. The first-order valence-electron chi connectivity index (χ1n) is 8.16. The summed E-state index contributed by atoms with van der Waals surface area (Å²) >= 11 is 3.46. The first-order chi connectivity index (χ1) is 10.0. The molecule has 1 aliphatic carbocycles. The SMILES string of the molecule is CCC1CCC(CNC(=O)c2cc(Br)cn2C(C)C)CC1. The topological polar surface area (TPSA) is 34.0 Å². The molecular weight excluding hydrogens is 328 g/mol. The van der Waals surface area contributed by atoms with Crippen LogP contribution in [0.4, 0.5) is 0 Å². The maximum atomic E-state index is 12.4. The molecule has 4 heteroatoms. The Kier molecular flexibility index (Phi) is 5.91. The van der Waals surface area contributed by atoms with Gasteiger partial charge in [0.15, 0.2) is 0 Å². The lowest BCUT2D eigenvalue weighted by molar-refractivity contribution is 0.0930. The van der Waals surface area contributed by atoms with Crippen molar-refractivity contribution in [3.63, 3.8) is 0 Å². The maximum Gasteiger partial charge on any atom is 0.267 e. The number of carbonyl (C=O) groups is 1. The van der Waals surface area contributed by atoms with Crippen LogP contribution in [-0.4, -0.2) is 17.0 Å². The Balaban J connectivity index is 1.88. The number of aromatic nitrogens is 1. The average Bonchev–Trinajstić information content (AvgIpc) is 2.87. The Hall–Kier alpha value is -0.770. The average molecular weight is 355 g/mol. The van der Waals surface area contributed by atoms with Crippen LogP contribution in [0.1, 0.15) is 69.4 Å². The summed E-state index contributed by atoms with van der Waals surface area (Å²) in [6.07, 6.45) is 8.44. The molecule has 0 unspecified atom stereocenters. The van der Waals surface area contributed by atoms with Crippen LogP contribution in [0.25, 0.3) is 0 Å². The molecular formula is C17H27BrN2O. The molecule has 1 amide bonds. The molecule has 0 bridgehead atoms. The van der Waals surface area contributed by atoms with Gasteiger partial charge in [-0.1, -0.05) is 26.2 Å². The number of amides is 1. The fourth-order valence-electron chi connectivity index (χ4n) is 3.23. The van der Waals surface area contributed by atoms with Crippen LogP contribution >= 0.6 is 15.9 Å². The Morgan fingerprint density at radius 1 is 1.33 bits per heavy atom. The number of hydrogen-bond acceptors (Lipinski definition) is 1. The molecule has 21 heavy (non-hydrogen) atoms. The van der Waals surface area contributed by atoms with Crippen molar-refractivity contribution in [3.8, 4) is 0 Å². The molecule has 0 radical (unpaired) electrons. The van der Waals surface area contributed by atoms with Crippen molar-refractivity contribution in [1.82, 2.24) is 9.88 Å². The molecule has 0 atom stereocenters. The third-order valence-electron chi connectivity index (χ3n) is 4.70. The van der Waals surface area contributed by atoms with Gasteiger partial charge >= 0.3 is 0 Å². The van der Waals surface area contributed by atoms with Crippen molar-refractivity contribution in [2.45, 2.75) is 58.9 Å². The first-order valence-corrected chi connectivity index (χ1v) is 8.96. The van der Waals surface area contributed by atoms with Crippen LogP contribution in [0.5, 0.6) is 0 Å². The molecule has 2 rings (SSSR count). The van der Waals surface area contributed by atoms with E-state index in [0.717, 1.165) is 22.6 Å². The molecule has 1 heterocycles. The summed E-state index contributed by atoms with van der Waals surface area (Å²) in [6.45, 7) is 7.28. The summed E-state index contributed by atoms with van der Waals surface area (Å²) in [5, 5.41) is 3.13. The Morgan fingerprint density at radius 2 is 1.95 bits per heavy atom. The van der Waals surface area contributed by atoms with Gasteiger partial charge in [-0.25, -0.2) is 0 Å². The molecule has 118 valence electrons. The van der Waals surface area contributed by atoms with E-state index in [1.165, 1.54) is 32.1 Å². The van der Waals surface area contributed by atoms with Crippen molar-refractivity contribution < 1.29 is 4.79 Å². The van der Waals surface area contributed by atoms with Crippen molar-refractivity contribution in [2.75, 3.05) is 6.54 Å². The normalized spacial score (nSPS) is 22.5. The van der Waals surface area contributed by atoms with Crippen molar-refractivity contribution in [1.29, 1.82) is 0 Å². The molecule has 3 nitrogen and oxygen atoms in total. The summed E-state index contributed by atoms with van der Waals surface area (Å²) in [5.74, 6) is 1.61. The zero-order valence-electron chi connectivity index (χ0n) is 13.4. The zero-order chi connectivity index (χ0) is 15.4. The summed E-state index contributed by atoms with van der Waals surface area (Å²) in [6, 6.07) is 2.19. The van der Waals surface area contributed by atoms with Crippen LogP contribution < -0.4 is 5.32 Å². The third-order valence-corrected chi connectivity index (χ3v) is 5.13. The second-order valence-electron chi connectivity index (χ2n) is 6.55. The minimum atomic E-state index is 0.0482. The van der Waals surface area contributed by atoms with Gasteiger partial charge in [-0.3, -0.25) is 4.79 Å². The lowest BCUT2D eigenvalue weighted by atomic mass is 9.81. The molecule has 1 fully saturated rings. The van der Waals surface area contributed by atoms with Gasteiger partial charge in [0.05, 0.1) is 0 Å². The van der Waals surface area contributed by atoms with Gasteiger partial charge in [-0.15, -0.1) is 0 Å². The monoisotopic (exact) mass is 354 g/mol. The van der Waals surface area contributed by atoms with Gasteiger partial charge in [-0.2, -0.15) is 0 Å². The summed E-state index contributed by atoms with van der Waals surface area (Å²) < 4.78 is 2.98.